The van der Waals surface area contributed by atoms with E-state index < -0.39 is 0 Å². The van der Waals surface area contributed by atoms with Crippen LogP contribution in [0.1, 0.15) is 136 Å². The van der Waals surface area contributed by atoms with Crippen LogP contribution in [0.5, 0.6) is 0 Å². The first-order valence-corrected chi connectivity index (χ1v) is 18.2. The summed E-state index contributed by atoms with van der Waals surface area (Å²) in [6.45, 7) is 19.4. The van der Waals surface area contributed by atoms with Crippen molar-refractivity contribution in [1.82, 2.24) is 4.90 Å². The minimum Gasteiger partial charge on any atom is -0.402 e. The van der Waals surface area contributed by atoms with Crippen LogP contribution in [0, 0.1) is 35.5 Å². The maximum absolute atomic E-state index is 14.1. The van der Waals surface area contributed by atoms with Crippen molar-refractivity contribution in [2.45, 2.75) is 142 Å². The molecular formula is C40H64N2O. The number of rotatable bonds is 2. The molecule has 1 saturated heterocycles. The topological polar surface area (TPSA) is 46.3 Å². The van der Waals surface area contributed by atoms with Gasteiger partial charge in [-0.25, -0.2) is 0 Å². The van der Waals surface area contributed by atoms with Crippen molar-refractivity contribution in [1.29, 1.82) is 0 Å². The van der Waals surface area contributed by atoms with E-state index in [2.05, 4.69) is 56.7 Å². The van der Waals surface area contributed by atoms with Crippen molar-refractivity contribution in [3.8, 4) is 0 Å². The van der Waals surface area contributed by atoms with Gasteiger partial charge >= 0.3 is 0 Å². The van der Waals surface area contributed by atoms with E-state index >= 15 is 0 Å². The molecule has 3 fully saturated rings. The number of fused-ring (bicyclic) bond motifs is 3. The van der Waals surface area contributed by atoms with Crippen molar-refractivity contribution in [3.05, 3.63) is 60.5 Å². The summed E-state index contributed by atoms with van der Waals surface area (Å²) >= 11 is 0. The highest BCUT2D eigenvalue weighted by molar-refractivity contribution is 5.85. The highest BCUT2D eigenvalue weighted by Crippen LogP contribution is 2.42. The van der Waals surface area contributed by atoms with E-state index in [4.69, 9.17) is 5.73 Å². The number of hydrogen-bond acceptors (Lipinski definition) is 3. The first kappa shape index (κ1) is 33.9. The molecule has 0 amide bonds. The third kappa shape index (κ3) is 10.3. The van der Waals surface area contributed by atoms with Crippen molar-refractivity contribution >= 4 is 5.78 Å². The Morgan fingerprint density at radius 3 is 2.40 bits per heavy atom. The van der Waals surface area contributed by atoms with Gasteiger partial charge < -0.3 is 10.6 Å². The van der Waals surface area contributed by atoms with Gasteiger partial charge in [-0.3, -0.25) is 4.79 Å². The fraction of sp³-hybridized carbons (Fsp3) is 0.725. The zero-order valence-electron chi connectivity index (χ0n) is 28.0. The lowest BCUT2D eigenvalue weighted by atomic mass is 9.70. The standard InChI is InChI=1S/C40H64N2O/c1-29-12-10-15-35(22-21-34-14-11-13-30(2)26-34)27-40(43)39-18-8-9-25-42(39)33(5)32(4)37-23-20-31(3)36(28-37)16-6-7-17-38(41)24-19-29/h21-22,24,30-31,34-37,39H,1,4-20,23,25-28,41H2,2-3H3/b22-21+,38-24-/t30?,31?,34?,35-,36?,37?,39-/m0/s1. The van der Waals surface area contributed by atoms with Crippen LogP contribution in [0.4, 0.5) is 0 Å². The Morgan fingerprint density at radius 1 is 0.814 bits per heavy atom. The summed E-state index contributed by atoms with van der Waals surface area (Å²) < 4.78 is 0. The number of allylic oxidation sites excluding steroid dienone is 6. The van der Waals surface area contributed by atoms with Gasteiger partial charge in [0.15, 0.2) is 5.78 Å². The van der Waals surface area contributed by atoms with Gasteiger partial charge in [0.25, 0.3) is 0 Å². The van der Waals surface area contributed by atoms with Crippen LogP contribution < -0.4 is 5.73 Å². The first-order chi connectivity index (χ1) is 20.7. The molecule has 7 atom stereocenters. The molecule has 0 radical (unpaired) electrons. The van der Waals surface area contributed by atoms with Gasteiger partial charge in [-0.05, 0) is 131 Å². The third-order valence-corrected chi connectivity index (χ3v) is 11.6. The molecule has 0 aromatic carbocycles. The van der Waals surface area contributed by atoms with E-state index in [1.807, 2.05) is 0 Å². The van der Waals surface area contributed by atoms with E-state index in [1.165, 1.54) is 75.4 Å². The highest BCUT2D eigenvalue weighted by Gasteiger charge is 2.35. The molecule has 2 N–H and O–H groups in total. The summed E-state index contributed by atoms with van der Waals surface area (Å²) in [4.78, 5) is 16.5. The number of hydrogen-bond donors (Lipinski definition) is 1. The number of Topliss-reactive ketones (excluding diaryl/α,β-unsaturated/α-hetero) is 1. The zero-order valence-corrected chi connectivity index (χ0v) is 28.0. The summed E-state index contributed by atoms with van der Waals surface area (Å²) in [7, 11) is 0. The summed E-state index contributed by atoms with van der Waals surface area (Å²) in [6.07, 6.45) is 28.6. The summed E-state index contributed by atoms with van der Waals surface area (Å²) in [5.41, 5.74) is 11.0. The number of nitrogens with zero attached hydrogens (tertiary/aromatic N) is 1. The van der Waals surface area contributed by atoms with Gasteiger partial charge in [-0.2, -0.15) is 0 Å². The molecule has 5 unspecified atom stereocenters. The minimum absolute atomic E-state index is 0.0425. The van der Waals surface area contributed by atoms with Crippen LogP contribution in [0.25, 0.3) is 0 Å². The fourth-order valence-electron chi connectivity index (χ4n) is 8.60. The summed E-state index contributed by atoms with van der Waals surface area (Å²) in [5, 5.41) is 0. The minimum atomic E-state index is -0.0425. The Hall–Kier alpha value is -2.03. The van der Waals surface area contributed by atoms with E-state index in [1.54, 1.807) is 0 Å². The number of nitrogens with two attached hydrogens (primary N) is 1. The van der Waals surface area contributed by atoms with E-state index in [0.717, 1.165) is 87.1 Å². The zero-order chi connectivity index (χ0) is 30.8. The lowest BCUT2D eigenvalue weighted by Gasteiger charge is -2.42. The molecule has 0 spiro atoms. The quantitative estimate of drug-likeness (QED) is 0.326. The van der Waals surface area contributed by atoms with Crippen LogP contribution in [-0.4, -0.2) is 23.3 Å². The van der Waals surface area contributed by atoms with E-state index in [-0.39, 0.29) is 6.04 Å². The molecule has 240 valence electrons. The second-order valence-corrected chi connectivity index (χ2v) is 15.1. The van der Waals surface area contributed by atoms with Gasteiger partial charge in [-0.15, -0.1) is 0 Å². The second kappa shape index (κ2) is 16.9. The molecule has 4 rings (SSSR count). The number of ketones is 1. The van der Waals surface area contributed by atoms with Gasteiger partial charge in [0.1, 0.15) is 0 Å². The van der Waals surface area contributed by atoms with Gasteiger partial charge in [0.2, 0.25) is 0 Å². The average Bonchev–Trinajstić information content (AvgIpc) is 3.00. The van der Waals surface area contributed by atoms with Crippen molar-refractivity contribution in [2.24, 2.45) is 41.2 Å². The van der Waals surface area contributed by atoms with Crippen LogP contribution in [0.15, 0.2) is 60.5 Å². The second-order valence-electron chi connectivity index (χ2n) is 15.1. The molecular weight excluding hydrogens is 524 g/mol. The van der Waals surface area contributed by atoms with Crippen LogP contribution in [-0.2, 0) is 4.79 Å². The van der Waals surface area contributed by atoms with E-state index in [0.29, 0.717) is 30.0 Å². The maximum atomic E-state index is 14.1. The molecule has 2 saturated carbocycles. The van der Waals surface area contributed by atoms with E-state index in [9.17, 15) is 4.79 Å². The number of carbonyl (C=O) groups is 1. The first-order valence-electron chi connectivity index (χ1n) is 18.2. The normalized spacial score (nSPS) is 36.5. The Balaban J connectivity index is 1.52. The monoisotopic (exact) mass is 589 g/mol. The van der Waals surface area contributed by atoms with Crippen molar-refractivity contribution in [2.75, 3.05) is 6.54 Å². The molecule has 2 heterocycles. The third-order valence-electron chi connectivity index (χ3n) is 11.6. The molecule has 3 heteroatoms. The molecule has 3 nitrogen and oxygen atoms in total. The molecule has 2 aliphatic heterocycles. The molecule has 4 aliphatic rings. The Morgan fingerprint density at radius 2 is 1.58 bits per heavy atom. The Kier molecular flexibility index (Phi) is 13.3. The SMILES string of the molecule is C=C1C/C=C(\N)CCCCC2CC(CCC2C)C(=C)C(=C)N2CCCC[C@H]2C(=O)C[C@H](/C=C/C2CCCC(C)C2)CCC1. The summed E-state index contributed by atoms with van der Waals surface area (Å²) in [6, 6.07) is -0.0425. The predicted molar refractivity (Wildman–Crippen MR) is 184 cm³/mol. The maximum Gasteiger partial charge on any atom is 0.155 e. The van der Waals surface area contributed by atoms with Crippen LogP contribution >= 0.6 is 0 Å². The van der Waals surface area contributed by atoms with Crippen molar-refractivity contribution < 1.29 is 4.79 Å². The fourth-order valence-corrected chi connectivity index (χ4v) is 8.60. The van der Waals surface area contributed by atoms with Crippen LogP contribution in [0.2, 0.25) is 0 Å². The summed E-state index contributed by atoms with van der Waals surface area (Å²) in [5.74, 6) is 4.19. The molecule has 2 bridgehead atoms. The van der Waals surface area contributed by atoms with Crippen molar-refractivity contribution in [3.63, 3.8) is 0 Å². The van der Waals surface area contributed by atoms with Gasteiger partial charge in [0, 0.05) is 24.4 Å². The van der Waals surface area contributed by atoms with Crippen LogP contribution in [0.3, 0.4) is 0 Å². The smallest absolute Gasteiger partial charge is 0.155 e. The van der Waals surface area contributed by atoms with Gasteiger partial charge in [0.05, 0.1) is 6.04 Å². The highest BCUT2D eigenvalue weighted by atomic mass is 16.1. The molecule has 0 aromatic heterocycles. The lowest BCUT2D eigenvalue weighted by Crippen LogP contribution is -2.45. The molecule has 43 heavy (non-hydrogen) atoms. The lowest BCUT2D eigenvalue weighted by molar-refractivity contribution is -0.125. The molecule has 2 aliphatic carbocycles. The Bertz CT molecular complexity index is 1020. The van der Waals surface area contributed by atoms with Gasteiger partial charge in [-0.1, -0.05) is 83.1 Å². The number of carbonyl (C=O) groups excluding carboxylic acids is 1. The largest absolute Gasteiger partial charge is 0.402 e. The average molecular weight is 589 g/mol. The predicted octanol–water partition coefficient (Wildman–Crippen LogP) is 10.5. The Labute approximate surface area is 265 Å². The number of piperidine rings is 1. The molecule has 0 aromatic rings.